The standard InChI is InChI=1S/C13H15ClN2O/c14-13-6-10(7-15)3-4-11(13)8-16-5-1-2-12(17)9-16/h3-4,6,12,17H,1-2,5,8-9H2. The van der Waals surface area contributed by atoms with E-state index in [1.165, 1.54) is 0 Å². The fraction of sp³-hybridized carbons (Fsp3) is 0.462. The third kappa shape index (κ3) is 3.19. The summed E-state index contributed by atoms with van der Waals surface area (Å²) >= 11 is 6.12. The summed E-state index contributed by atoms with van der Waals surface area (Å²) in [6.45, 7) is 2.44. The van der Waals surface area contributed by atoms with Crippen molar-refractivity contribution in [1.82, 2.24) is 4.90 Å². The van der Waals surface area contributed by atoms with E-state index in [1.54, 1.807) is 12.1 Å². The Morgan fingerprint density at radius 2 is 2.35 bits per heavy atom. The molecular weight excluding hydrogens is 236 g/mol. The zero-order valence-electron chi connectivity index (χ0n) is 9.56. The molecule has 1 unspecified atom stereocenters. The van der Waals surface area contributed by atoms with Crippen LogP contribution in [0.2, 0.25) is 5.02 Å². The quantitative estimate of drug-likeness (QED) is 0.875. The molecule has 1 N–H and O–H groups in total. The van der Waals surface area contributed by atoms with Crippen LogP contribution in [-0.2, 0) is 6.54 Å². The van der Waals surface area contributed by atoms with Crippen LogP contribution in [0.3, 0.4) is 0 Å². The van der Waals surface area contributed by atoms with Gasteiger partial charge in [-0.2, -0.15) is 5.26 Å². The number of hydrogen-bond acceptors (Lipinski definition) is 3. The first kappa shape index (κ1) is 12.4. The molecule has 0 amide bonds. The lowest BCUT2D eigenvalue weighted by Gasteiger charge is -2.30. The molecule has 0 bridgehead atoms. The van der Waals surface area contributed by atoms with Gasteiger partial charge in [-0.25, -0.2) is 0 Å². The monoisotopic (exact) mass is 250 g/mol. The maximum atomic E-state index is 9.59. The van der Waals surface area contributed by atoms with E-state index in [-0.39, 0.29) is 6.10 Å². The molecule has 0 aromatic heterocycles. The van der Waals surface area contributed by atoms with Crippen LogP contribution in [0.4, 0.5) is 0 Å². The average molecular weight is 251 g/mol. The number of nitrogens with zero attached hydrogens (tertiary/aromatic N) is 2. The summed E-state index contributed by atoms with van der Waals surface area (Å²) < 4.78 is 0. The van der Waals surface area contributed by atoms with Crippen LogP contribution in [0.15, 0.2) is 18.2 Å². The van der Waals surface area contributed by atoms with Crippen molar-refractivity contribution in [3.8, 4) is 6.07 Å². The lowest BCUT2D eigenvalue weighted by atomic mass is 10.1. The van der Waals surface area contributed by atoms with Crippen molar-refractivity contribution >= 4 is 11.6 Å². The predicted molar refractivity (Wildman–Crippen MR) is 66.7 cm³/mol. The largest absolute Gasteiger partial charge is 0.392 e. The first-order chi connectivity index (χ1) is 8.19. The number of aliphatic hydroxyl groups excluding tert-OH is 1. The molecule has 17 heavy (non-hydrogen) atoms. The molecule has 3 nitrogen and oxygen atoms in total. The zero-order chi connectivity index (χ0) is 12.3. The highest BCUT2D eigenvalue weighted by Gasteiger charge is 2.18. The van der Waals surface area contributed by atoms with Gasteiger partial charge in [0.05, 0.1) is 17.7 Å². The van der Waals surface area contributed by atoms with Gasteiger partial charge in [0.25, 0.3) is 0 Å². The minimum Gasteiger partial charge on any atom is -0.392 e. The number of piperidine rings is 1. The second kappa shape index (κ2) is 5.50. The van der Waals surface area contributed by atoms with Gasteiger partial charge in [0.2, 0.25) is 0 Å². The van der Waals surface area contributed by atoms with Gasteiger partial charge in [-0.15, -0.1) is 0 Å². The van der Waals surface area contributed by atoms with Crippen molar-refractivity contribution in [3.05, 3.63) is 34.3 Å². The number of aliphatic hydroxyl groups is 1. The van der Waals surface area contributed by atoms with E-state index in [0.717, 1.165) is 31.5 Å². The summed E-state index contributed by atoms with van der Waals surface area (Å²) in [5, 5.41) is 19.0. The van der Waals surface area contributed by atoms with Crippen LogP contribution in [-0.4, -0.2) is 29.2 Å². The molecule has 1 atom stereocenters. The molecule has 0 spiro atoms. The summed E-state index contributed by atoms with van der Waals surface area (Å²) in [5.41, 5.74) is 1.59. The van der Waals surface area contributed by atoms with Crippen LogP contribution < -0.4 is 0 Å². The predicted octanol–water partition coefficient (Wildman–Crippen LogP) is 2.17. The first-order valence-electron chi connectivity index (χ1n) is 5.78. The van der Waals surface area contributed by atoms with Crippen LogP contribution in [0.5, 0.6) is 0 Å². The lowest BCUT2D eigenvalue weighted by Crippen LogP contribution is -2.37. The smallest absolute Gasteiger partial charge is 0.0992 e. The van der Waals surface area contributed by atoms with E-state index < -0.39 is 0 Å². The SMILES string of the molecule is N#Cc1ccc(CN2CCCC(O)C2)c(Cl)c1. The van der Waals surface area contributed by atoms with E-state index in [0.29, 0.717) is 17.1 Å². The Labute approximate surface area is 106 Å². The minimum atomic E-state index is -0.221. The van der Waals surface area contributed by atoms with E-state index in [2.05, 4.69) is 11.0 Å². The van der Waals surface area contributed by atoms with Gasteiger partial charge in [0, 0.05) is 18.1 Å². The van der Waals surface area contributed by atoms with E-state index >= 15 is 0 Å². The van der Waals surface area contributed by atoms with Crippen LogP contribution in [0, 0.1) is 11.3 Å². The van der Waals surface area contributed by atoms with Crippen molar-refractivity contribution in [2.75, 3.05) is 13.1 Å². The Morgan fingerprint density at radius 3 is 3.00 bits per heavy atom. The van der Waals surface area contributed by atoms with Gasteiger partial charge in [-0.1, -0.05) is 17.7 Å². The fourth-order valence-electron chi connectivity index (χ4n) is 2.16. The van der Waals surface area contributed by atoms with Crippen LogP contribution in [0.1, 0.15) is 24.0 Å². The Kier molecular flexibility index (Phi) is 4.01. The third-order valence-electron chi connectivity index (χ3n) is 3.06. The highest BCUT2D eigenvalue weighted by Crippen LogP contribution is 2.21. The number of halogens is 1. The highest BCUT2D eigenvalue weighted by atomic mass is 35.5. The number of rotatable bonds is 2. The Hall–Kier alpha value is -1.08. The molecular formula is C13H15ClN2O. The number of likely N-dealkylation sites (tertiary alicyclic amines) is 1. The molecule has 2 rings (SSSR count). The molecule has 0 saturated carbocycles. The number of β-amino-alcohol motifs (C(OH)–C–C–N with tert-alkyl or cyclic N) is 1. The van der Waals surface area contributed by atoms with Gasteiger partial charge in [0.1, 0.15) is 0 Å². The molecule has 1 fully saturated rings. The van der Waals surface area contributed by atoms with Gasteiger partial charge >= 0.3 is 0 Å². The van der Waals surface area contributed by atoms with Crippen molar-refractivity contribution in [1.29, 1.82) is 5.26 Å². The van der Waals surface area contributed by atoms with Gasteiger partial charge in [-0.05, 0) is 37.1 Å². The van der Waals surface area contributed by atoms with Gasteiger partial charge < -0.3 is 5.11 Å². The zero-order valence-corrected chi connectivity index (χ0v) is 10.3. The summed E-state index contributed by atoms with van der Waals surface area (Å²) in [6, 6.07) is 7.43. The second-order valence-electron chi connectivity index (χ2n) is 4.45. The summed E-state index contributed by atoms with van der Waals surface area (Å²) in [4.78, 5) is 2.20. The highest BCUT2D eigenvalue weighted by molar-refractivity contribution is 6.31. The van der Waals surface area contributed by atoms with Gasteiger partial charge in [0.15, 0.2) is 0 Å². The van der Waals surface area contributed by atoms with Crippen molar-refractivity contribution in [3.63, 3.8) is 0 Å². The molecule has 1 aromatic carbocycles. The number of hydrogen-bond donors (Lipinski definition) is 1. The molecule has 1 aromatic rings. The van der Waals surface area contributed by atoms with Crippen LogP contribution >= 0.6 is 11.6 Å². The lowest BCUT2D eigenvalue weighted by molar-refractivity contribution is 0.0668. The molecule has 0 radical (unpaired) electrons. The summed E-state index contributed by atoms with van der Waals surface area (Å²) in [6.07, 6.45) is 1.69. The van der Waals surface area contributed by atoms with Crippen molar-refractivity contribution in [2.45, 2.75) is 25.5 Å². The normalized spacial score (nSPS) is 21.1. The topological polar surface area (TPSA) is 47.3 Å². The Balaban J connectivity index is 2.06. The molecule has 0 aliphatic carbocycles. The molecule has 1 aliphatic heterocycles. The first-order valence-corrected chi connectivity index (χ1v) is 6.16. The Bertz CT molecular complexity index is 442. The summed E-state index contributed by atoms with van der Waals surface area (Å²) in [5.74, 6) is 0. The summed E-state index contributed by atoms with van der Waals surface area (Å²) in [7, 11) is 0. The number of benzene rings is 1. The van der Waals surface area contributed by atoms with Crippen molar-refractivity contribution in [2.24, 2.45) is 0 Å². The molecule has 90 valence electrons. The maximum absolute atomic E-state index is 9.59. The van der Waals surface area contributed by atoms with E-state index in [1.807, 2.05) is 6.07 Å². The van der Waals surface area contributed by atoms with E-state index in [4.69, 9.17) is 16.9 Å². The third-order valence-corrected chi connectivity index (χ3v) is 3.41. The molecule has 1 aliphatic rings. The molecule has 1 heterocycles. The number of nitriles is 1. The fourth-order valence-corrected chi connectivity index (χ4v) is 2.40. The average Bonchev–Trinajstić information content (AvgIpc) is 2.32. The van der Waals surface area contributed by atoms with Crippen LogP contribution in [0.25, 0.3) is 0 Å². The Morgan fingerprint density at radius 1 is 1.53 bits per heavy atom. The second-order valence-corrected chi connectivity index (χ2v) is 4.86. The molecule has 4 heteroatoms. The maximum Gasteiger partial charge on any atom is 0.0992 e. The van der Waals surface area contributed by atoms with E-state index in [9.17, 15) is 5.11 Å². The minimum absolute atomic E-state index is 0.221. The van der Waals surface area contributed by atoms with Gasteiger partial charge in [-0.3, -0.25) is 4.90 Å². The molecule has 1 saturated heterocycles. The van der Waals surface area contributed by atoms with Crippen molar-refractivity contribution < 1.29 is 5.11 Å².